The van der Waals surface area contributed by atoms with Gasteiger partial charge in [0.05, 0.1) is 6.54 Å². The molecule has 0 spiro atoms. The standard InChI is InChI=1S/C15H21N5/c1-2-12(14-5-6-17-18-14)10-19(8-1)11-15-16-7-9-20(15)13-3-4-13/h5-7,9,12-13H,1-4,8,10-11H2,(H,17,18). The third-order valence-electron chi connectivity index (χ3n) is 4.52. The van der Waals surface area contributed by atoms with Crippen LogP contribution in [0, 0.1) is 0 Å². The van der Waals surface area contributed by atoms with Crippen molar-refractivity contribution in [1.29, 1.82) is 0 Å². The molecule has 5 heteroatoms. The number of imidazole rings is 1. The fraction of sp³-hybridized carbons (Fsp3) is 0.600. The normalized spacial score (nSPS) is 24.1. The van der Waals surface area contributed by atoms with Crippen molar-refractivity contribution in [3.63, 3.8) is 0 Å². The zero-order valence-electron chi connectivity index (χ0n) is 11.7. The molecular formula is C15H21N5. The molecule has 1 atom stereocenters. The lowest BCUT2D eigenvalue weighted by Crippen LogP contribution is -2.34. The lowest BCUT2D eigenvalue weighted by molar-refractivity contribution is 0.192. The summed E-state index contributed by atoms with van der Waals surface area (Å²) in [6.45, 7) is 3.27. The molecule has 1 unspecified atom stereocenters. The third-order valence-corrected chi connectivity index (χ3v) is 4.52. The fourth-order valence-corrected chi connectivity index (χ4v) is 3.30. The van der Waals surface area contributed by atoms with Gasteiger partial charge < -0.3 is 4.57 Å². The Bertz CT molecular complexity index is 555. The first-order valence-electron chi connectivity index (χ1n) is 7.63. The molecule has 106 valence electrons. The van der Waals surface area contributed by atoms with Crippen molar-refractivity contribution in [2.75, 3.05) is 13.1 Å². The zero-order chi connectivity index (χ0) is 13.4. The van der Waals surface area contributed by atoms with Crippen molar-refractivity contribution in [2.24, 2.45) is 0 Å². The molecule has 4 rings (SSSR count). The first kappa shape index (κ1) is 12.1. The summed E-state index contributed by atoms with van der Waals surface area (Å²) in [4.78, 5) is 7.10. The van der Waals surface area contributed by atoms with Crippen LogP contribution in [0.25, 0.3) is 0 Å². The van der Waals surface area contributed by atoms with Gasteiger partial charge in [-0.2, -0.15) is 5.10 Å². The summed E-state index contributed by atoms with van der Waals surface area (Å²) in [7, 11) is 0. The van der Waals surface area contributed by atoms with Gasteiger partial charge in [0.15, 0.2) is 0 Å². The Labute approximate surface area is 119 Å². The highest BCUT2D eigenvalue weighted by Gasteiger charge is 2.27. The van der Waals surface area contributed by atoms with Crippen LogP contribution in [-0.4, -0.2) is 37.7 Å². The Morgan fingerprint density at radius 3 is 3.00 bits per heavy atom. The molecule has 1 saturated carbocycles. The van der Waals surface area contributed by atoms with E-state index in [1.165, 1.54) is 43.7 Å². The molecule has 0 aromatic carbocycles. The van der Waals surface area contributed by atoms with Crippen molar-refractivity contribution in [2.45, 2.75) is 44.2 Å². The van der Waals surface area contributed by atoms with E-state index in [0.717, 1.165) is 19.1 Å². The Kier molecular flexibility index (Phi) is 3.07. The quantitative estimate of drug-likeness (QED) is 0.928. The maximum atomic E-state index is 4.56. The van der Waals surface area contributed by atoms with Crippen molar-refractivity contribution in [3.8, 4) is 0 Å². The summed E-state index contributed by atoms with van der Waals surface area (Å²) in [5.41, 5.74) is 1.28. The van der Waals surface area contributed by atoms with Crippen molar-refractivity contribution in [1.82, 2.24) is 24.6 Å². The predicted octanol–water partition coefficient (Wildman–Crippen LogP) is 2.32. The zero-order valence-corrected chi connectivity index (χ0v) is 11.7. The van der Waals surface area contributed by atoms with Crippen LogP contribution in [0.1, 0.15) is 49.2 Å². The number of likely N-dealkylation sites (tertiary alicyclic amines) is 1. The molecule has 1 aliphatic heterocycles. The number of aromatic nitrogens is 4. The predicted molar refractivity (Wildman–Crippen MR) is 76.3 cm³/mol. The van der Waals surface area contributed by atoms with Crippen molar-refractivity contribution >= 4 is 0 Å². The molecule has 5 nitrogen and oxygen atoms in total. The number of nitrogens with one attached hydrogen (secondary N) is 1. The summed E-state index contributed by atoms with van der Waals surface area (Å²) in [6.07, 6.45) is 11.1. The van der Waals surface area contributed by atoms with Gasteiger partial charge in [0.1, 0.15) is 5.82 Å². The Balaban J connectivity index is 1.44. The van der Waals surface area contributed by atoms with Crippen LogP contribution in [0.3, 0.4) is 0 Å². The van der Waals surface area contributed by atoms with Crippen LogP contribution in [0.4, 0.5) is 0 Å². The van der Waals surface area contributed by atoms with E-state index in [-0.39, 0.29) is 0 Å². The van der Waals surface area contributed by atoms with Gasteiger partial charge in [-0.25, -0.2) is 4.98 Å². The average molecular weight is 271 g/mol. The van der Waals surface area contributed by atoms with Gasteiger partial charge in [-0.05, 0) is 38.3 Å². The minimum Gasteiger partial charge on any atom is -0.331 e. The topological polar surface area (TPSA) is 49.7 Å². The van der Waals surface area contributed by atoms with Crippen molar-refractivity contribution in [3.05, 3.63) is 36.2 Å². The van der Waals surface area contributed by atoms with E-state index in [4.69, 9.17) is 0 Å². The minimum atomic E-state index is 0.593. The molecule has 3 heterocycles. The van der Waals surface area contributed by atoms with Gasteiger partial charge in [0.2, 0.25) is 0 Å². The van der Waals surface area contributed by atoms with Crippen LogP contribution in [0.5, 0.6) is 0 Å². The number of rotatable bonds is 4. The van der Waals surface area contributed by atoms with Crippen LogP contribution < -0.4 is 0 Å². The van der Waals surface area contributed by atoms with Gasteiger partial charge in [-0.1, -0.05) is 0 Å². The van der Waals surface area contributed by atoms with Crippen LogP contribution in [-0.2, 0) is 6.54 Å². The first-order valence-corrected chi connectivity index (χ1v) is 7.63. The second kappa shape index (κ2) is 5.05. The lowest BCUT2D eigenvalue weighted by Gasteiger charge is -2.32. The van der Waals surface area contributed by atoms with Crippen LogP contribution >= 0.6 is 0 Å². The Morgan fingerprint density at radius 1 is 1.25 bits per heavy atom. The second-order valence-corrected chi connectivity index (χ2v) is 6.07. The molecule has 2 aliphatic rings. The molecule has 2 aromatic rings. The SMILES string of the molecule is c1cc(C2CCCN(Cc3nccn3C3CC3)C2)[nH]n1. The maximum absolute atomic E-state index is 4.56. The van der Waals surface area contributed by atoms with E-state index < -0.39 is 0 Å². The van der Waals surface area contributed by atoms with Gasteiger partial charge in [0.25, 0.3) is 0 Å². The molecule has 1 saturated heterocycles. The number of nitrogens with zero attached hydrogens (tertiary/aromatic N) is 4. The smallest absolute Gasteiger partial charge is 0.123 e. The summed E-state index contributed by atoms with van der Waals surface area (Å²) in [6, 6.07) is 2.83. The summed E-state index contributed by atoms with van der Waals surface area (Å²) < 4.78 is 2.37. The molecule has 0 radical (unpaired) electrons. The number of piperidine rings is 1. The van der Waals surface area contributed by atoms with E-state index in [1.807, 2.05) is 12.4 Å². The van der Waals surface area contributed by atoms with Crippen molar-refractivity contribution < 1.29 is 0 Å². The van der Waals surface area contributed by atoms with E-state index >= 15 is 0 Å². The van der Waals surface area contributed by atoms with E-state index in [1.54, 1.807) is 0 Å². The first-order chi connectivity index (χ1) is 9.90. The monoisotopic (exact) mass is 271 g/mol. The lowest BCUT2D eigenvalue weighted by atomic mass is 9.95. The summed E-state index contributed by atoms with van der Waals surface area (Å²) >= 11 is 0. The largest absolute Gasteiger partial charge is 0.331 e. The highest BCUT2D eigenvalue weighted by molar-refractivity contribution is 5.08. The minimum absolute atomic E-state index is 0.593. The van der Waals surface area contributed by atoms with E-state index in [9.17, 15) is 0 Å². The molecule has 2 fully saturated rings. The van der Waals surface area contributed by atoms with Gasteiger partial charge in [-0.15, -0.1) is 0 Å². The number of hydrogen-bond donors (Lipinski definition) is 1. The molecule has 2 aromatic heterocycles. The number of hydrogen-bond acceptors (Lipinski definition) is 3. The molecule has 1 N–H and O–H groups in total. The van der Waals surface area contributed by atoms with Gasteiger partial charge in [0, 0.05) is 42.8 Å². The molecular weight excluding hydrogens is 250 g/mol. The fourth-order valence-electron chi connectivity index (χ4n) is 3.30. The Morgan fingerprint density at radius 2 is 2.20 bits per heavy atom. The maximum Gasteiger partial charge on any atom is 0.123 e. The van der Waals surface area contributed by atoms with Crippen LogP contribution in [0.15, 0.2) is 24.7 Å². The molecule has 1 aliphatic carbocycles. The average Bonchev–Trinajstić information content (AvgIpc) is 3.00. The highest BCUT2D eigenvalue weighted by Crippen LogP contribution is 2.36. The second-order valence-electron chi connectivity index (χ2n) is 6.07. The summed E-state index contributed by atoms with van der Waals surface area (Å²) in [5, 5.41) is 7.21. The van der Waals surface area contributed by atoms with E-state index in [0.29, 0.717) is 5.92 Å². The molecule has 0 bridgehead atoms. The summed E-state index contributed by atoms with van der Waals surface area (Å²) in [5.74, 6) is 1.83. The molecule has 20 heavy (non-hydrogen) atoms. The van der Waals surface area contributed by atoms with Crippen LogP contribution in [0.2, 0.25) is 0 Å². The van der Waals surface area contributed by atoms with Gasteiger partial charge in [-0.3, -0.25) is 10.00 Å². The number of H-pyrrole nitrogens is 1. The molecule has 0 amide bonds. The highest BCUT2D eigenvalue weighted by atomic mass is 15.2. The van der Waals surface area contributed by atoms with E-state index in [2.05, 4.69) is 36.9 Å². The van der Waals surface area contributed by atoms with Gasteiger partial charge >= 0.3 is 0 Å². The number of aromatic amines is 1. The Hall–Kier alpha value is -1.62. The third kappa shape index (κ3) is 2.38.